The van der Waals surface area contributed by atoms with Crippen molar-refractivity contribution in [2.75, 3.05) is 5.32 Å². The lowest BCUT2D eigenvalue weighted by molar-refractivity contribution is 0.167. The predicted octanol–water partition coefficient (Wildman–Crippen LogP) is 4.46. The van der Waals surface area contributed by atoms with E-state index in [-0.39, 0.29) is 0 Å². The Bertz CT molecular complexity index is 835. The number of nitrogens with one attached hydrogen (secondary N) is 1. The number of ether oxygens (including phenoxy) is 1. The first-order chi connectivity index (χ1) is 12.3. The van der Waals surface area contributed by atoms with Gasteiger partial charge in [-0.2, -0.15) is 0 Å². The molecular weight excluding hydrogens is 318 g/mol. The Morgan fingerprint density at radius 1 is 0.960 bits per heavy atom. The molecule has 1 amide bonds. The number of hydrogen-bond donors (Lipinski definition) is 1. The van der Waals surface area contributed by atoms with Gasteiger partial charge in [-0.1, -0.05) is 35.5 Å². The summed E-state index contributed by atoms with van der Waals surface area (Å²) in [6, 6.07) is 19.8. The van der Waals surface area contributed by atoms with Crippen LogP contribution in [0.5, 0.6) is 11.5 Å². The minimum absolute atomic E-state index is 0.568. The predicted molar refractivity (Wildman–Crippen MR) is 94.9 cm³/mol. The molecule has 0 saturated carbocycles. The van der Waals surface area contributed by atoms with Gasteiger partial charge in [0.1, 0.15) is 11.5 Å². The van der Waals surface area contributed by atoms with Crippen LogP contribution in [0.15, 0.2) is 84.3 Å². The first kappa shape index (κ1) is 16.2. The largest absolute Gasteiger partial charge is 0.456 e. The summed E-state index contributed by atoms with van der Waals surface area (Å²) in [4.78, 5) is 20.4. The summed E-state index contributed by atoms with van der Waals surface area (Å²) in [6.45, 7) is 0. The van der Waals surface area contributed by atoms with Crippen LogP contribution in [0.4, 0.5) is 10.5 Å². The fraction of sp³-hybridized carbons (Fsp3) is 0. The van der Waals surface area contributed by atoms with Crippen LogP contribution < -0.4 is 10.1 Å². The highest BCUT2D eigenvalue weighted by molar-refractivity contribution is 5.85. The average Bonchev–Trinajstić information content (AvgIpc) is 2.65. The van der Waals surface area contributed by atoms with Gasteiger partial charge < -0.3 is 4.74 Å². The molecule has 1 aromatic heterocycles. The van der Waals surface area contributed by atoms with E-state index in [1.165, 1.54) is 6.21 Å². The monoisotopic (exact) mass is 333 g/mol. The number of nitrogens with zero attached hydrogens (tertiary/aromatic N) is 2. The summed E-state index contributed by atoms with van der Waals surface area (Å²) in [5, 5.41) is 6.22. The van der Waals surface area contributed by atoms with Gasteiger partial charge in [-0.25, -0.2) is 4.79 Å². The number of carbonyl (C=O) groups excluding carboxylic acids is 1. The molecule has 0 saturated heterocycles. The maximum absolute atomic E-state index is 11.7. The Hall–Kier alpha value is -3.67. The molecule has 3 aromatic rings. The highest BCUT2D eigenvalue weighted by Gasteiger charge is 2.03. The molecule has 124 valence electrons. The zero-order chi connectivity index (χ0) is 17.3. The molecule has 0 atom stereocenters. The van der Waals surface area contributed by atoms with Gasteiger partial charge in [0.15, 0.2) is 0 Å². The molecule has 1 N–H and O–H groups in total. The minimum atomic E-state index is -0.673. The Balaban J connectivity index is 1.51. The van der Waals surface area contributed by atoms with Crippen molar-refractivity contribution in [1.82, 2.24) is 4.98 Å². The number of anilines is 1. The fourth-order valence-electron chi connectivity index (χ4n) is 1.96. The Labute approximate surface area is 144 Å². The van der Waals surface area contributed by atoms with Crippen molar-refractivity contribution in [2.24, 2.45) is 5.16 Å². The standard InChI is InChI=1S/C19H15N3O3/c23-19(25-21-13-15-5-2-1-3-6-15)22-16-8-10-17(11-9-16)24-18-7-4-12-20-14-18/h1-14H,(H,22,23). The lowest BCUT2D eigenvalue weighted by Gasteiger charge is -2.06. The summed E-state index contributed by atoms with van der Waals surface area (Å²) < 4.78 is 5.62. The van der Waals surface area contributed by atoms with Crippen molar-refractivity contribution >= 4 is 18.0 Å². The molecule has 0 radical (unpaired) electrons. The third-order valence-corrected chi connectivity index (χ3v) is 3.11. The van der Waals surface area contributed by atoms with Crippen LogP contribution in [0, 0.1) is 0 Å². The number of amides is 1. The van der Waals surface area contributed by atoms with Crippen LogP contribution in [0.3, 0.4) is 0 Å². The molecule has 0 aliphatic rings. The first-order valence-corrected chi connectivity index (χ1v) is 7.54. The maximum Gasteiger partial charge on any atom is 0.437 e. The van der Waals surface area contributed by atoms with Crippen molar-refractivity contribution in [1.29, 1.82) is 0 Å². The number of oxime groups is 1. The summed E-state index contributed by atoms with van der Waals surface area (Å²) in [5.41, 5.74) is 1.41. The maximum atomic E-state index is 11.7. The molecule has 6 nitrogen and oxygen atoms in total. The summed E-state index contributed by atoms with van der Waals surface area (Å²) in [6.07, 6.45) is 4.08. The van der Waals surface area contributed by atoms with E-state index in [9.17, 15) is 4.79 Å². The molecule has 1 heterocycles. The highest BCUT2D eigenvalue weighted by Crippen LogP contribution is 2.22. The third kappa shape index (κ3) is 5.18. The summed E-state index contributed by atoms with van der Waals surface area (Å²) in [7, 11) is 0. The zero-order valence-corrected chi connectivity index (χ0v) is 13.2. The van der Waals surface area contributed by atoms with Crippen molar-refractivity contribution < 1.29 is 14.4 Å². The van der Waals surface area contributed by atoms with E-state index in [2.05, 4.69) is 15.5 Å². The van der Waals surface area contributed by atoms with Gasteiger partial charge in [-0.15, -0.1) is 0 Å². The van der Waals surface area contributed by atoms with Gasteiger partial charge in [-0.3, -0.25) is 15.1 Å². The molecule has 0 fully saturated rings. The van der Waals surface area contributed by atoms with Crippen LogP contribution >= 0.6 is 0 Å². The van der Waals surface area contributed by atoms with Gasteiger partial charge in [-0.05, 0) is 42.0 Å². The smallest absolute Gasteiger partial charge is 0.437 e. The lowest BCUT2D eigenvalue weighted by atomic mass is 10.2. The molecule has 0 bridgehead atoms. The van der Waals surface area contributed by atoms with E-state index in [1.54, 1.807) is 48.8 Å². The normalized spacial score (nSPS) is 10.4. The quantitative estimate of drug-likeness (QED) is 0.425. The number of rotatable bonds is 5. The molecule has 0 unspecified atom stereocenters. The van der Waals surface area contributed by atoms with Gasteiger partial charge in [0.25, 0.3) is 0 Å². The number of aromatic nitrogens is 1. The molecule has 3 rings (SSSR count). The van der Waals surface area contributed by atoms with Crippen LogP contribution in [0.2, 0.25) is 0 Å². The number of benzene rings is 2. The second-order valence-electron chi connectivity index (χ2n) is 4.96. The van der Waals surface area contributed by atoms with E-state index >= 15 is 0 Å². The zero-order valence-electron chi connectivity index (χ0n) is 13.2. The van der Waals surface area contributed by atoms with Gasteiger partial charge >= 0.3 is 6.09 Å². The summed E-state index contributed by atoms with van der Waals surface area (Å²) in [5.74, 6) is 1.27. The first-order valence-electron chi connectivity index (χ1n) is 7.54. The second-order valence-corrected chi connectivity index (χ2v) is 4.96. The number of pyridine rings is 1. The van der Waals surface area contributed by atoms with E-state index in [4.69, 9.17) is 9.57 Å². The fourth-order valence-corrected chi connectivity index (χ4v) is 1.96. The van der Waals surface area contributed by atoms with Crippen molar-refractivity contribution in [3.8, 4) is 11.5 Å². The molecular formula is C19H15N3O3. The van der Waals surface area contributed by atoms with Crippen LogP contribution in [0.25, 0.3) is 0 Å². The van der Waals surface area contributed by atoms with E-state index in [0.29, 0.717) is 17.2 Å². The van der Waals surface area contributed by atoms with Crippen molar-refractivity contribution in [2.45, 2.75) is 0 Å². The topological polar surface area (TPSA) is 72.8 Å². The van der Waals surface area contributed by atoms with Crippen LogP contribution in [-0.2, 0) is 4.84 Å². The second kappa shape index (κ2) is 8.26. The molecule has 0 spiro atoms. The molecule has 0 aliphatic heterocycles. The van der Waals surface area contributed by atoms with Gasteiger partial charge in [0.05, 0.1) is 12.4 Å². The van der Waals surface area contributed by atoms with Crippen LogP contribution in [0.1, 0.15) is 5.56 Å². The van der Waals surface area contributed by atoms with E-state index < -0.39 is 6.09 Å². The Kier molecular flexibility index (Phi) is 5.35. The average molecular weight is 333 g/mol. The van der Waals surface area contributed by atoms with Gasteiger partial charge in [0.2, 0.25) is 0 Å². The Morgan fingerprint density at radius 3 is 2.48 bits per heavy atom. The van der Waals surface area contributed by atoms with E-state index in [0.717, 1.165) is 5.56 Å². The molecule has 0 aliphatic carbocycles. The molecule has 6 heteroatoms. The Morgan fingerprint density at radius 2 is 1.76 bits per heavy atom. The van der Waals surface area contributed by atoms with Gasteiger partial charge in [0, 0.05) is 11.9 Å². The van der Waals surface area contributed by atoms with Crippen molar-refractivity contribution in [3.05, 3.63) is 84.7 Å². The SMILES string of the molecule is O=C(Nc1ccc(Oc2cccnc2)cc1)ON=Cc1ccccc1. The summed E-state index contributed by atoms with van der Waals surface area (Å²) >= 11 is 0. The molecule has 2 aromatic carbocycles. The minimum Gasteiger partial charge on any atom is -0.456 e. The lowest BCUT2D eigenvalue weighted by Crippen LogP contribution is -2.10. The van der Waals surface area contributed by atoms with Crippen molar-refractivity contribution in [3.63, 3.8) is 0 Å². The third-order valence-electron chi connectivity index (χ3n) is 3.11. The number of carbonyl (C=O) groups is 1. The van der Waals surface area contributed by atoms with E-state index in [1.807, 2.05) is 30.3 Å². The van der Waals surface area contributed by atoms with Crippen LogP contribution in [-0.4, -0.2) is 17.3 Å². The highest BCUT2D eigenvalue weighted by atomic mass is 16.7. The molecule has 25 heavy (non-hydrogen) atoms. The number of hydrogen-bond acceptors (Lipinski definition) is 5.